The first kappa shape index (κ1) is 9.01. The van der Waals surface area contributed by atoms with Gasteiger partial charge in [-0.05, 0) is 26.3 Å². The summed E-state index contributed by atoms with van der Waals surface area (Å²) in [5, 5.41) is 8.18. The Labute approximate surface area is 60.3 Å². The summed E-state index contributed by atoms with van der Waals surface area (Å²) in [5.41, 5.74) is 0.919. The van der Waals surface area contributed by atoms with Crippen LogP contribution in [0.5, 0.6) is 0 Å². The minimum atomic E-state index is -1.23. The molecule has 0 spiro atoms. The maximum Gasteiger partial charge on any atom is 0.506 e. The maximum atomic E-state index is 9.98. The van der Waals surface area contributed by atoms with Gasteiger partial charge >= 0.3 is 6.16 Å². The zero-order valence-electron chi connectivity index (χ0n) is 6.42. The van der Waals surface area contributed by atoms with Crippen LogP contribution in [-0.4, -0.2) is 17.4 Å². The molecule has 3 heteroatoms. The lowest BCUT2D eigenvalue weighted by molar-refractivity contribution is 0.0714. The van der Waals surface area contributed by atoms with Crippen molar-refractivity contribution in [1.82, 2.24) is 0 Å². The van der Waals surface area contributed by atoms with Crippen LogP contribution < -0.4 is 0 Å². The van der Waals surface area contributed by atoms with Gasteiger partial charge in [-0.3, -0.25) is 0 Å². The van der Waals surface area contributed by atoms with Crippen molar-refractivity contribution in [3.63, 3.8) is 0 Å². The van der Waals surface area contributed by atoms with Crippen LogP contribution in [0.3, 0.4) is 0 Å². The minimum Gasteiger partial charge on any atom is -0.450 e. The van der Waals surface area contributed by atoms with Gasteiger partial charge in [-0.1, -0.05) is 6.08 Å². The summed E-state index contributed by atoms with van der Waals surface area (Å²) in [5.74, 6) is 0. The number of hydrogen-bond acceptors (Lipinski definition) is 2. The van der Waals surface area contributed by atoms with Crippen molar-refractivity contribution < 1.29 is 14.6 Å². The van der Waals surface area contributed by atoms with Gasteiger partial charge < -0.3 is 9.84 Å². The Morgan fingerprint density at radius 1 is 1.70 bits per heavy atom. The standard InChI is InChI=1S/C7H12O3/c1-4-5(2)6(3)10-7(8)9/h4,6H,1-3H3,(H,8,9)/b5-4+. The summed E-state index contributed by atoms with van der Waals surface area (Å²) in [6, 6.07) is 0. The number of allylic oxidation sites excluding steroid dienone is 1. The van der Waals surface area contributed by atoms with Crippen LogP contribution >= 0.6 is 0 Å². The van der Waals surface area contributed by atoms with Gasteiger partial charge in [0, 0.05) is 0 Å². The Morgan fingerprint density at radius 2 is 2.20 bits per heavy atom. The van der Waals surface area contributed by atoms with Crippen LogP contribution in [0.15, 0.2) is 11.6 Å². The average molecular weight is 144 g/mol. The lowest BCUT2D eigenvalue weighted by atomic mass is 10.2. The smallest absolute Gasteiger partial charge is 0.450 e. The van der Waals surface area contributed by atoms with E-state index in [2.05, 4.69) is 4.74 Å². The molecule has 0 heterocycles. The number of rotatable bonds is 2. The second kappa shape index (κ2) is 3.93. The Hall–Kier alpha value is -0.990. The third kappa shape index (κ3) is 3.12. The number of carbonyl (C=O) groups is 1. The van der Waals surface area contributed by atoms with Gasteiger partial charge in [0.25, 0.3) is 0 Å². The lowest BCUT2D eigenvalue weighted by Crippen LogP contribution is -2.13. The van der Waals surface area contributed by atoms with E-state index in [1.807, 2.05) is 19.9 Å². The highest BCUT2D eigenvalue weighted by Crippen LogP contribution is 2.04. The Morgan fingerprint density at radius 3 is 2.50 bits per heavy atom. The van der Waals surface area contributed by atoms with Crippen molar-refractivity contribution in [3.05, 3.63) is 11.6 Å². The predicted molar refractivity (Wildman–Crippen MR) is 38.0 cm³/mol. The first-order valence-electron chi connectivity index (χ1n) is 3.10. The Balaban J connectivity index is 3.85. The molecule has 1 unspecified atom stereocenters. The van der Waals surface area contributed by atoms with Gasteiger partial charge in [-0.15, -0.1) is 0 Å². The largest absolute Gasteiger partial charge is 0.506 e. The quantitative estimate of drug-likeness (QED) is 0.476. The fourth-order valence-corrected chi connectivity index (χ4v) is 0.479. The topological polar surface area (TPSA) is 46.5 Å². The summed E-state index contributed by atoms with van der Waals surface area (Å²) in [4.78, 5) is 9.98. The second-order valence-electron chi connectivity index (χ2n) is 2.06. The zero-order chi connectivity index (χ0) is 8.15. The van der Waals surface area contributed by atoms with Crippen molar-refractivity contribution >= 4 is 6.16 Å². The molecule has 0 fully saturated rings. The summed E-state index contributed by atoms with van der Waals surface area (Å²) in [6.07, 6.45) is 0.268. The van der Waals surface area contributed by atoms with Crippen molar-refractivity contribution in [1.29, 1.82) is 0 Å². The number of carboxylic acid groups (broad SMARTS) is 1. The van der Waals surface area contributed by atoms with E-state index in [4.69, 9.17) is 5.11 Å². The Bertz CT molecular complexity index is 149. The molecule has 1 N–H and O–H groups in total. The summed E-state index contributed by atoms with van der Waals surface area (Å²) in [6.45, 7) is 5.37. The summed E-state index contributed by atoms with van der Waals surface area (Å²) in [7, 11) is 0. The van der Waals surface area contributed by atoms with Crippen LogP contribution in [-0.2, 0) is 4.74 Å². The molecule has 0 aromatic rings. The van der Waals surface area contributed by atoms with E-state index in [9.17, 15) is 4.79 Å². The second-order valence-corrected chi connectivity index (χ2v) is 2.06. The van der Waals surface area contributed by atoms with E-state index < -0.39 is 6.16 Å². The van der Waals surface area contributed by atoms with E-state index in [0.717, 1.165) is 5.57 Å². The van der Waals surface area contributed by atoms with Crippen molar-refractivity contribution in [2.24, 2.45) is 0 Å². The molecule has 0 aliphatic heterocycles. The monoisotopic (exact) mass is 144 g/mol. The highest BCUT2D eigenvalue weighted by atomic mass is 16.7. The van der Waals surface area contributed by atoms with E-state index in [0.29, 0.717) is 0 Å². The first-order chi connectivity index (χ1) is 4.57. The Kier molecular flexibility index (Phi) is 3.54. The van der Waals surface area contributed by atoms with E-state index in [-0.39, 0.29) is 6.10 Å². The van der Waals surface area contributed by atoms with Gasteiger partial charge in [0.05, 0.1) is 0 Å². The van der Waals surface area contributed by atoms with Crippen LogP contribution in [0.4, 0.5) is 4.79 Å². The molecule has 0 radical (unpaired) electrons. The minimum absolute atomic E-state index is 0.331. The van der Waals surface area contributed by atoms with Gasteiger partial charge in [-0.25, -0.2) is 4.79 Å². The van der Waals surface area contributed by atoms with Crippen molar-refractivity contribution in [2.75, 3.05) is 0 Å². The molecule has 0 aliphatic carbocycles. The highest BCUT2D eigenvalue weighted by Gasteiger charge is 2.07. The molecule has 0 aliphatic rings. The predicted octanol–water partition coefficient (Wildman–Crippen LogP) is 2.04. The number of hydrogen-bond donors (Lipinski definition) is 1. The molecule has 10 heavy (non-hydrogen) atoms. The fourth-order valence-electron chi connectivity index (χ4n) is 0.479. The molecule has 0 rings (SSSR count). The molecule has 3 nitrogen and oxygen atoms in total. The molecule has 0 aromatic heterocycles. The van der Waals surface area contributed by atoms with E-state index in [1.165, 1.54) is 0 Å². The molecule has 0 saturated carbocycles. The van der Waals surface area contributed by atoms with Gasteiger partial charge in [0.1, 0.15) is 6.10 Å². The van der Waals surface area contributed by atoms with Crippen LogP contribution in [0.2, 0.25) is 0 Å². The highest BCUT2D eigenvalue weighted by molar-refractivity contribution is 5.57. The lowest BCUT2D eigenvalue weighted by Gasteiger charge is -2.09. The third-order valence-corrected chi connectivity index (χ3v) is 1.37. The SMILES string of the molecule is C/C=C(\C)C(C)OC(=O)O. The first-order valence-corrected chi connectivity index (χ1v) is 3.10. The fraction of sp³-hybridized carbons (Fsp3) is 0.571. The maximum absolute atomic E-state index is 9.98. The van der Waals surface area contributed by atoms with Crippen molar-refractivity contribution in [2.45, 2.75) is 26.9 Å². The molecular formula is C7H12O3. The normalized spacial score (nSPS) is 14.5. The molecule has 58 valence electrons. The van der Waals surface area contributed by atoms with E-state index >= 15 is 0 Å². The van der Waals surface area contributed by atoms with E-state index in [1.54, 1.807) is 6.92 Å². The van der Waals surface area contributed by atoms with Crippen molar-refractivity contribution in [3.8, 4) is 0 Å². The molecule has 0 amide bonds. The van der Waals surface area contributed by atoms with Gasteiger partial charge in [-0.2, -0.15) is 0 Å². The van der Waals surface area contributed by atoms with Crippen LogP contribution in [0.25, 0.3) is 0 Å². The van der Waals surface area contributed by atoms with Crippen LogP contribution in [0, 0.1) is 0 Å². The summed E-state index contributed by atoms with van der Waals surface area (Å²) < 4.78 is 4.45. The molecule has 0 aromatic carbocycles. The van der Waals surface area contributed by atoms with Gasteiger partial charge in [0.15, 0.2) is 0 Å². The molecule has 1 atom stereocenters. The van der Waals surface area contributed by atoms with Crippen LogP contribution in [0.1, 0.15) is 20.8 Å². The average Bonchev–Trinajstić information content (AvgIpc) is 1.85. The summed E-state index contributed by atoms with van der Waals surface area (Å²) >= 11 is 0. The zero-order valence-corrected chi connectivity index (χ0v) is 6.42. The van der Waals surface area contributed by atoms with Gasteiger partial charge in [0.2, 0.25) is 0 Å². The third-order valence-electron chi connectivity index (χ3n) is 1.37. The number of ether oxygens (including phenoxy) is 1. The molecular weight excluding hydrogens is 132 g/mol. The molecule has 0 bridgehead atoms. The molecule has 0 saturated heterocycles.